The maximum Gasteiger partial charge on any atom is 0.343 e. The van der Waals surface area contributed by atoms with Crippen LogP contribution >= 0.6 is 11.6 Å². The Balaban J connectivity index is 2.79. The minimum atomic E-state index is -0.802. The van der Waals surface area contributed by atoms with E-state index in [-0.39, 0.29) is 34.3 Å². The number of carbonyl (C=O) groups is 1. The summed E-state index contributed by atoms with van der Waals surface area (Å²) in [6, 6.07) is 1.01. The highest BCUT2D eigenvalue weighted by atomic mass is 35.5. The summed E-state index contributed by atoms with van der Waals surface area (Å²) >= 11 is 5.71. The van der Waals surface area contributed by atoms with E-state index in [2.05, 4.69) is 4.98 Å². The summed E-state index contributed by atoms with van der Waals surface area (Å²) in [6.07, 6.45) is 1.39. The van der Waals surface area contributed by atoms with Crippen molar-refractivity contribution in [3.05, 3.63) is 39.0 Å². The van der Waals surface area contributed by atoms with Crippen LogP contribution in [-0.4, -0.2) is 22.1 Å². The standard InChI is InChI=1S/C15H16ClFN2O3/c1-4-22-15(21)10-7-19(6-8(2)3)14-9(12(10)20)5-11(17)13(16)18-14/h5,7-8H,4,6H2,1-3H3. The molecule has 0 aliphatic rings. The molecule has 0 fully saturated rings. The third-order valence-corrected chi connectivity index (χ3v) is 3.28. The highest BCUT2D eigenvalue weighted by Crippen LogP contribution is 2.19. The number of fused-ring (bicyclic) bond motifs is 1. The smallest absolute Gasteiger partial charge is 0.343 e. The molecule has 2 aromatic rings. The third kappa shape index (κ3) is 3.11. The maximum absolute atomic E-state index is 13.6. The predicted octanol–water partition coefficient (Wildman–Crippen LogP) is 3.02. The summed E-state index contributed by atoms with van der Waals surface area (Å²) in [5, 5.41) is -0.304. The zero-order valence-electron chi connectivity index (χ0n) is 12.5. The highest BCUT2D eigenvalue weighted by Gasteiger charge is 2.19. The molecular weight excluding hydrogens is 311 g/mol. The minimum absolute atomic E-state index is 0.00750. The van der Waals surface area contributed by atoms with Crippen LogP contribution in [0.3, 0.4) is 0 Å². The van der Waals surface area contributed by atoms with Crippen LogP contribution in [0.4, 0.5) is 4.39 Å². The normalized spacial score (nSPS) is 11.2. The third-order valence-electron chi connectivity index (χ3n) is 3.02. The van der Waals surface area contributed by atoms with E-state index in [0.717, 1.165) is 6.07 Å². The van der Waals surface area contributed by atoms with Gasteiger partial charge in [0.2, 0.25) is 5.43 Å². The molecule has 0 aliphatic heterocycles. The monoisotopic (exact) mass is 326 g/mol. The molecule has 0 bridgehead atoms. The Labute approximate surface area is 131 Å². The van der Waals surface area contributed by atoms with Gasteiger partial charge in [0.15, 0.2) is 11.0 Å². The number of nitrogens with zero attached hydrogens (tertiary/aromatic N) is 2. The second-order valence-electron chi connectivity index (χ2n) is 5.27. The van der Waals surface area contributed by atoms with Crippen molar-refractivity contribution in [2.75, 3.05) is 6.61 Å². The number of esters is 1. The SMILES string of the molecule is CCOC(=O)c1cn(CC(C)C)c2nc(Cl)c(F)cc2c1=O. The number of pyridine rings is 2. The van der Waals surface area contributed by atoms with Gasteiger partial charge in [-0.1, -0.05) is 25.4 Å². The molecule has 0 atom stereocenters. The summed E-state index contributed by atoms with van der Waals surface area (Å²) in [6.45, 7) is 6.23. The number of rotatable bonds is 4. The van der Waals surface area contributed by atoms with Crippen LogP contribution in [0.5, 0.6) is 0 Å². The molecule has 22 heavy (non-hydrogen) atoms. The van der Waals surface area contributed by atoms with Gasteiger partial charge < -0.3 is 9.30 Å². The Morgan fingerprint density at radius 1 is 1.50 bits per heavy atom. The van der Waals surface area contributed by atoms with Gasteiger partial charge in [-0.3, -0.25) is 4.79 Å². The van der Waals surface area contributed by atoms with E-state index in [0.29, 0.717) is 6.54 Å². The number of carbonyl (C=O) groups excluding carboxylic acids is 1. The molecule has 7 heteroatoms. The Bertz CT molecular complexity index is 786. The van der Waals surface area contributed by atoms with Crippen molar-refractivity contribution in [3.63, 3.8) is 0 Å². The van der Waals surface area contributed by atoms with Gasteiger partial charge in [-0.25, -0.2) is 14.2 Å². The first-order chi connectivity index (χ1) is 10.3. The number of hydrogen-bond donors (Lipinski definition) is 0. The Morgan fingerprint density at radius 2 is 2.18 bits per heavy atom. The average molecular weight is 327 g/mol. The second-order valence-corrected chi connectivity index (χ2v) is 5.63. The molecule has 2 heterocycles. The maximum atomic E-state index is 13.6. The van der Waals surface area contributed by atoms with E-state index >= 15 is 0 Å². The van der Waals surface area contributed by atoms with Gasteiger partial charge in [0, 0.05) is 12.7 Å². The van der Waals surface area contributed by atoms with Crippen molar-refractivity contribution >= 4 is 28.6 Å². The number of ether oxygens (including phenoxy) is 1. The molecular formula is C15H16ClFN2O3. The summed E-state index contributed by atoms with van der Waals surface area (Å²) < 4.78 is 20.1. The van der Waals surface area contributed by atoms with Crippen LogP contribution in [0.1, 0.15) is 31.1 Å². The van der Waals surface area contributed by atoms with Crippen LogP contribution in [0.2, 0.25) is 5.15 Å². The number of aromatic nitrogens is 2. The number of hydrogen-bond acceptors (Lipinski definition) is 4. The van der Waals surface area contributed by atoms with Crippen LogP contribution in [-0.2, 0) is 11.3 Å². The summed E-state index contributed by atoms with van der Waals surface area (Å²) in [7, 11) is 0. The fraction of sp³-hybridized carbons (Fsp3) is 0.400. The Morgan fingerprint density at radius 3 is 2.77 bits per heavy atom. The van der Waals surface area contributed by atoms with E-state index in [4.69, 9.17) is 16.3 Å². The van der Waals surface area contributed by atoms with Gasteiger partial charge in [-0.15, -0.1) is 0 Å². The van der Waals surface area contributed by atoms with Crippen molar-refractivity contribution in [3.8, 4) is 0 Å². The van der Waals surface area contributed by atoms with Crippen LogP contribution in [0.25, 0.3) is 11.0 Å². The van der Waals surface area contributed by atoms with E-state index in [9.17, 15) is 14.0 Å². The lowest BCUT2D eigenvalue weighted by atomic mass is 10.1. The van der Waals surface area contributed by atoms with Gasteiger partial charge in [-0.2, -0.15) is 0 Å². The lowest BCUT2D eigenvalue weighted by molar-refractivity contribution is 0.0524. The van der Waals surface area contributed by atoms with E-state index in [1.165, 1.54) is 6.20 Å². The van der Waals surface area contributed by atoms with Crippen molar-refractivity contribution in [1.82, 2.24) is 9.55 Å². The average Bonchev–Trinajstić information content (AvgIpc) is 2.44. The second kappa shape index (κ2) is 6.44. The van der Waals surface area contributed by atoms with Crippen LogP contribution in [0.15, 0.2) is 17.1 Å². The van der Waals surface area contributed by atoms with Gasteiger partial charge in [-0.05, 0) is 18.9 Å². The number of halogens is 2. The fourth-order valence-corrected chi connectivity index (χ4v) is 2.29. The Hall–Kier alpha value is -1.95. The first-order valence-electron chi connectivity index (χ1n) is 6.91. The molecule has 2 rings (SSSR count). The zero-order valence-corrected chi connectivity index (χ0v) is 13.3. The quantitative estimate of drug-likeness (QED) is 0.640. The molecule has 0 saturated carbocycles. The predicted molar refractivity (Wildman–Crippen MR) is 81.8 cm³/mol. The van der Waals surface area contributed by atoms with Gasteiger partial charge in [0.05, 0.1) is 12.0 Å². The molecule has 118 valence electrons. The molecule has 0 unspecified atom stereocenters. The van der Waals surface area contributed by atoms with Crippen molar-refractivity contribution < 1.29 is 13.9 Å². The summed E-state index contributed by atoms with van der Waals surface area (Å²) in [4.78, 5) is 28.2. The topological polar surface area (TPSA) is 61.2 Å². The van der Waals surface area contributed by atoms with Crippen molar-refractivity contribution in [2.45, 2.75) is 27.3 Å². The molecule has 0 N–H and O–H groups in total. The molecule has 0 saturated heterocycles. The lowest BCUT2D eigenvalue weighted by Crippen LogP contribution is -2.22. The molecule has 5 nitrogen and oxygen atoms in total. The van der Waals surface area contributed by atoms with Crippen molar-refractivity contribution in [2.24, 2.45) is 5.92 Å². The largest absolute Gasteiger partial charge is 0.462 e. The molecule has 2 aromatic heterocycles. The molecule has 0 aliphatic carbocycles. The molecule has 0 aromatic carbocycles. The summed E-state index contributed by atoms with van der Waals surface area (Å²) in [5.41, 5.74) is -0.506. The Kier molecular flexibility index (Phi) is 4.81. The van der Waals surface area contributed by atoms with E-state index < -0.39 is 17.2 Å². The lowest BCUT2D eigenvalue weighted by Gasteiger charge is -2.14. The van der Waals surface area contributed by atoms with Gasteiger partial charge in [0.1, 0.15) is 11.2 Å². The first kappa shape index (κ1) is 16.4. The van der Waals surface area contributed by atoms with Gasteiger partial charge in [0.25, 0.3) is 0 Å². The molecule has 0 radical (unpaired) electrons. The van der Waals surface area contributed by atoms with E-state index in [1.807, 2.05) is 13.8 Å². The minimum Gasteiger partial charge on any atom is -0.462 e. The van der Waals surface area contributed by atoms with Gasteiger partial charge >= 0.3 is 5.97 Å². The first-order valence-corrected chi connectivity index (χ1v) is 7.29. The fourth-order valence-electron chi connectivity index (χ4n) is 2.15. The molecule has 0 amide bonds. The van der Waals surface area contributed by atoms with Crippen molar-refractivity contribution in [1.29, 1.82) is 0 Å². The molecule has 0 spiro atoms. The summed E-state index contributed by atoms with van der Waals surface area (Å²) in [5.74, 6) is -1.31. The van der Waals surface area contributed by atoms with E-state index in [1.54, 1.807) is 11.5 Å². The van der Waals surface area contributed by atoms with Crippen LogP contribution < -0.4 is 5.43 Å². The zero-order chi connectivity index (χ0) is 16.4. The van der Waals surface area contributed by atoms with Crippen LogP contribution in [0, 0.1) is 11.7 Å². The highest BCUT2D eigenvalue weighted by molar-refractivity contribution is 6.29.